The van der Waals surface area contributed by atoms with Crippen LogP contribution in [0, 0.1) is 11.3 Å². The van der Waals surface area contributed by atoms with Crippen molar-refractivity contribution in [1.82, 2.24) is 15.5 Å². The van der Waals surface area contributed by atoms with E-state index in [1.807, 2.05) is 6.92 Å². The van der Waals surface area contributed by atoms with Crippen molar-refractivity contribution in [2.24, 2.45) is 16.3 Å². The summed E-state index contributed by atoms with van der Waals surface area (Å²) in [6.07, 6.45) is 5.19. The number of guanidine groups is 1. The molecule has 0 aliphatic heterocycles. The first-order valence-corrected chi connectivity index (χ1v) is 8.11. The summed E-state index contributed by atoms with van der Waals surface area (Å²) in [5, 5.41) is 6.65. The lowest BCUT2D eigenvalue weighted by Crippen LogP contribution is -2.47. The van der Waals surface area contributed by atoms with Gasteiger partial charge in [0, 0.05) is 27.2 Å². The summed E-state index contributed by atoms with van der Waals surface area (Å²) >= 11 is 0. The van der Waals surface area contributed by atoms with Crippen molar-refractivity contribution >= 4 is 35.8 Å². The summed E-state index contributed by atoms with van der Waals surface area (Å²) in [7, 11) is 3.51. The van der Waals surface area contributed by atoms with Gasteiger partial charge < -0.3 is 15.5 Å². The van der Waals surface area contributed by atoms with Crippen LogP contribution in [0.1, 0.15) is 46.5 Å². The molecule has 1 fully saturated rings. The molecule has 1 aliphatic carbocycles. The Bertz CT molecular complexity index is 365. The Labute approximate surface area is 152 Å². The summed E-state index contributed by atoms with van der Waals surface area (Å²) in [5.74, 6) is 1.50. The third kappa shape index (κ3) is 7.15. The minimum atomic E-state index is 0. The number of hydrogen-bond donors (Lipinski definition) is 2. The van der Waals surface area contributed by atoms with Crippen LogP contribution in [0.5, 0.6) is 0 Å². The molecule has 0 radical (unpaired) electrons. The van der Waals surface area contributed by atoms with Crippen molar-refractivity contribution in [2.75, 3.05) is 33.7 Å². The van der Waals surface area contributed by atoms with Crippen LogP contribution in [0.4, 0.5) is 0 Å². The van der Waals surface area contributed by atoms with E-state index in [0.29, 0.717) is 5.41 Å². The van der Waals surface area contributed by atoms with Gasteiger partial charge >= 0.3 is 0 Å². The number of nitrogens with zero attached hydrogens (tertiary/aromatic N) is 2. The van der Waals surface area contributed by atoms with E-state index in [2.05, 4.69) is 29.5 Å². The van der Waals surface area contributed by atoms with Crippen LogP contribution >= 0.6 is 24.0 Å². The van der Waals surface area contributed by atoms with E-state index in [1.165, 1.54) is 25.7 Å². The number of nitrogens with one attached hydrogen (secondary N) is 2. The zero-order valence-electron chi connectivity index (χ0n) is 14.7. The van der Waals surface area contributed by atoms with Crippen molar-refractivity contribution < 1.29 is 4.79 Å². The van der Waals surface area contributed by atoms with E-state index in [9.17, 15) is 4.79 Å². The zero-order valence-corrected chi connectivity index (χ0v) is 17.1. The Kier molecular flexibility index (Phi) is 10.0. The van der Waals surface area contributed by atoms with E-state index >= 15 is 0 Å². The topological polar surface area (TPSA) is 56.7 Å². The predicted molar refractivity (Wildman–Crippen MR) is 104 cm³/mol. The van der Waals surface area contributed by atoms with Gasteiger partial charge in [-0.05, 0) is 37.5 Å². The van der Waals surface area contributed by atoms with E-state index in [0.717, 1.165) is 25.0 Å². The average molecular weight is 424 g/mol. The van der Waals surface area contributed by atoms with Gasteiger partial charge in [0.05, 0.1) is 0 Å². The molecular formula is C16H33IN4O. The highest BCUT2D eigenvalue weighted by molar-refractivity contribution is 14.0. The molecule has 1 aliphatic rings. The van der Waals surface area contributed by atoms with Crippen molar-refractivity contribution in [3.05, 3.63) is 0 Å². The molecular weight excluding hydrogens is 391 g/mol. The summed E-state index contributed by atoms with van der Waals surface area (Å²) in [5.41, 5.74) is 0.427. The Hall–Kier alpha value is -0.530. The first-order valence-electron chi connectivity index (χ1n) is 8.11. The quantitative estimate of drug-likeness (QED) is 0.375. The second-order valence-corrected chi connectivity index (χ2v) is 6.79. The number of aliphatic imine (C=N–C) groups is 1. The van der Waals surface area contributed by atoms with Gasteiger partial charge in [-0.1, -0.05) is 20.3 Å². The van der Waals surface area contributed by atoms with Gasteiger partial charge in [0.1, 0.15) is 6.54 Å². The van der Waals surface area contributed by atoms with Gasteiger partial charge in [0.25, 0.3) is 0 Å². The van der Waals surface area contributed by atoms with Crippen LogP contribution in [0.3, 0.4) is 0 Å². The third-order valence-corrected chi connectivity index (χ3v) is 4.10. The Morgan fingerprint density at radius 3 is 2.32 bits per heavy atom. The van der Waals surface area contributed by atoms with Crippen LogP contribution in [-0.4, -0.2) is 50.5 Å². The summed E-state index contributed by atoms with van der Waals surface area (Å²) in [4.78, 5) is 17.6. The standard InChI is InChI=1S/C16H32N4O.HI/c1-6-17-15(18-11-14(21)20(4)5)19-12-16(8-7-9-16)10-13(2)3;/h13H,6-12H2,1-5H3,(H2,17,18,19);1H. The van der Waals surface area contributed by atoms with E-state index in [-0.39, 0.29) is 36.4 Å². The van der Waals surface area contributed by atoms with Crippen LogP contribution in [-0.2, 0) is 4.79 Å². The maximum absolute atomic E-state index is 11.6. The molecule has 6 heteroatoms. The van der Waals surface area contributed by atoms with Crippen LogP contribution < -0.4 is 10.6 Å². The molecule has 22 heavy (non-hydrogen) atoms. The average Bonchev–Trinajstić information content (AvgIpc) is 2.37. The fraction of sp³-hybridized carbons (Fsp3) is 0.875. The monoisotopic (exact) mass is 424 g/mol. The first kappa shape index (κ1) is 21.5. The molecule has 0 unspecified atom stereocenters. The lowest BCUT2D eigenvalue weighted by Gasteiger charge is -2.43. The van der Waals surface area contributed by atoms with Gasteiger partial charge in [0.15, 0.2) is 5.96 Å². The zero-order chi connectivity index (χ0) is 15.9. The minimum Gasteiger partial charge on any atom is -0.357 e. The molecule has 1 amide bonds. The van der Waals surface area contributed by atoms with E-state index in [1.54, 1.807) is 19.0 Å². The van der Waals surface area contributed by atoms with Gasteiger partial charge in [-0.25, -0.2) is 4.99 Å². The normalized spacial score (nSPS) is 16.5. The highest BCUT2D eigenvalue weighted by Crippen LogP contribution is 2.45. The van der Waals surface area contributed by atoms with Gasteiger partial charge in [-0.15, -0.1) is 24.0 Å². The molecule has 0 aromatic heterocycles. The number of rotatable bonds is 7. The Morgan fingerprint density at radius 2 is 1.91 bits per heavy atom. The minimum absolute atomic E-state index is 0. The van der Waals surface area contributed by atoms with Gasteiger partial charge in [0.2, 0.25) is 5.91 Å². The fourth-order valence-electron chi connectivity index (χ4n) is 2.90. The number of amides is 1. The molecule has 0 aromatic rings. The first-order chi connectivity index (χ1) is 9.88. The molecule has 0 atom stereocenters. The van der Waals surface area contributed by atoms with Crippen LogP contribution in [0.15, 0.2) is 4.99 Å². The molecule has 0 spiro atoms. The number of carbonyl (C=O) groups excluding carboxylic acids is 1. The Morgan fingerprint density at radius 1 is 1.27 bits per heavy atom. The molecule has 0 aromatic carbocycles. The maximum Gasteiger partial charge on any atom is 0.243 e. The number of halogens is 1. The van der Waals surface area contributed by atoms with Crippen molar-refractivity contribution in [3.63, 3.8) is 0 Å². The summed E-state index contributed by atoms with van der Waals surface area (Å²) in [6.45, 7) is 8.56. The molecule has 130 valence electrons. The molecule has 1 rings (SSSR count). The lowest BCUT2D eigenvalue weighted by atomic mass is 9.64. The van der Waals surface area contributed by atoms with Gasteiger partial charge in [-0.2, -0.15) is 0 Å². The number of carbonyl (C=O) groups is 1. The second-order valence-electron chi connectivity index (χ2n) is 6.79. The third-order valence-electron chi connectivity index (χ3n) is 4.10. The lowest BCUT2D eigenvalue weighted by molar-refractivity contribution is -0.127. The molecule has 5 nitrogen and oxygen atoms in total. The Balaban J connectivity index is 0.00000441. The summed E-state index contributed by atoms with van der Waals surface area (Å²) in [6, 6.07) is 0. The fourth-order valence-corrected chi connectivity index (χ4v) is 2.90. The predicted octanol–water partition coefficient (Wildman–Crippen LogP) is 2.46. The molecule has 0 heterocycles. The van der Waals surface area contributed by atoms with Gasteiger partial charge in [-0.3, -0.25) is 4.79 Å². The highest BCUT2D eigenvalue weighted by atomic mass is 127. The number of likely N-dealkylation sites (N-methyl/N-ethyl adjacent to an activating group) is 1. The molecule has 0 bridgehead atoms. The second kappa shape index (κ2) is 10.3. The largest absolute Gasteiger partial charge is 0.357 e. The highest BCUT2D eigenvalue weighted by Gasteiger charge is 2.37. The molecule has 2 N–H and O–H groups in total. The van der Waals surface area contributed by atoms with Crippen LogP contribution in [0.25, 0.3) is 0 Å². The summed E-state index contributed by atoms with van der Waals surface area (Å²) < 4.78 is 0. The maximum atomic E-state index is 11.6. The SMILES string of the molecule is CCNC(=NCC(=O)N(C)C)NCC1(CC(C)C)CCC1.I. The van der Waals surface area contributed by atoms with Crippen molar-refractivity contribution in [1.29, 1.82) is 0 Å². The van der Waals surface area contributed by atoms with Crippen molar-refractivity contribution in [3.8, 4) is 0 Å². The van der Waals surface area contributed by atoms with E-state index in [4.69, 9.17) is 0 Å². The molecule has 1 saturated carbocycles. The van der Waals surface area contributed by atoms with E-state index < -0.39 is 0 Å². The van der Waals surface area contributed by atoms with Crippen molar-refractivity contribution in [2.45, 2.75) is 46.5 Å². The molecule has 0 saturated heterocycles. The smallest absolute Gasteiger partial charge is 0.243 e. The van der Waals surface area contributed by atoms with Crippen LogP contribution in [0.2, 0.25) is 0 Å². The number of hydrogen-bond acceptors (Lipinski definition) is 2.